The average molecular weight is 473 g/mol. The van der Waals surface area contributed by atoms with Crippen LogP contribution in [0.25, 0.3) is 10.2 Å². The van der Waals surface area contributed by atoms with Gasteiger partial charge >= 0.3 is 0 Å². The average Bonchev–Trinajstić information content (AvgIpc) is 3.18. The maximum Gasteiger partial charge on any atom is 0.224 e. The Morgan fingerprint density at radius 3 is 2.53 bits per heavy atom. The molecule has 9 heteroatoms. The van der Waals surface area contributed by atoms with Crippen LogP contribution >= 0.6 is 11.3 Å². The molecule has 2 heterocycles. The van der Waals surface area contributed by atoms with Crippen molar-refractivity contribution in [2.24, 2.45) is 0 Å². The smallest absolute Gasteiger partial charge is 0.224 e. The second kappa shape index (κ2) is 9.56. The van der Waals surface area contributed by atoms with Crippen molar-refractivity contribution in [1.82, 2.24) is 9.88 Å². The molecule has 32 heavy (non-hydrogen) atoms. The van der Waals surface area contributed by atoms with Gasteiger partial charge in [0, 0.05) is 38.3 Å². The highest BCUT2D eigenvalue weighted by Gasteiger charge is 2.18. The molecule has 0 saturated carbocycles. The number of nitrogens with one attached hydrogen (secondary N) is 1. The molecule has 1 aliphatic rings. The molecule has 1 N–H and O–H groups in total. The minimum atomic E-state index is -3.38. The third-order valence-corrected chi connectivity index (χ3v) is 8.53. The van der Waals surface area contributed by atoms with Crippen LogP contribution in [0.4, 0.5) is 10.8 Å². The summed E-state index contributed by atoms with van der Waals surface area (Å²) in [6.45, 7) is 5.89. The van der Waals surface area contributed by atoms with E-state index in [4.69, 9.17) is 4.98 Å². The zero-order valence-electron chi connectivity index (χ0n) is 18.4. The maximum atomic E-state index is 12.4. The number of aromatic nitrogens is 1. The fourth-order valence-corrected chi connectivity index (χ4v) is 6.00. The highest BCUT2D eigenvalue weighted by molar-refractivity contribution is 7.91. The van der Waals surface area contributed by atoms with E-state index in [0.29, 0.717) is 10.6 Å². The standard InChI is InChI=1S/C23H28N4O3S2/c1-17-5-8-19(9-6-17)32(29,30)15-3-4-22(28)24-18-7-10-20-21(16-18)31-23(25-20)27-13-11-26(2)12-14-27/h5-10,16H,3-4,11-15H2,1-2H3,(H,24,28). The summed E-state index contributed by atoms with van der Waals surface area (Å²) in [5, 5.41) is 3.90. The predicted octanol–water partition coefficient (Wildman–Crippen LogP) is 3.55. The predicted molar refractivity (Wildman–Crippen MR) is 130 cm³/mol. The monoisotopic (exact) mass is 472 g/mol. The Bertz CT molecular complexity index is 1200. The zero-order valence-corrected chi connectivity index (χ0v) is 20.0. The van der Waals surface area contributed by atoms with Crippen molar-refractivity contribution in [2.45, 2.75) is 24.7 Å². The van der Waals surface area contributed by atoms with Crippen LogP contribution in [0.1, 0.15) is 18.4 Å². The molecule has 4 rings (SSSR count). The number of thiazole rings is 1. The van der Waals surface area contributed by atoms with E-state index in [1.807, 2.05) is 25.1 Å². The third kappa shape index (κ3) is 5.46. The van der Waals surface area contributed by atoms with E-state index in [9.17, 15) is 13.2 Å². The lowest BCUT2D eigenvalue weighted by Crippen LogP contribution is -2.44. The number of carbonyl (C=O) groups excluding carboxylic acids is 1. The Morgan fingerprint density at radius 1 is 1.09 bits per heavy atom. The van der Waals surface area contributed by atoms with Crippen LogP contribution in [-0.2, 0) is 14.6 Å². The van der Waals surface area contributed by atoms with E-state index in [1.165, 1.54) is 0 Å². The Hall–Kier alpha value is -2.49. The van der Waals surface area contributed by atoms with E-state index in [-0.39, 0.29) is 24.5 Å². The number of anilines is 2. The molecule has 0 aliphatic carbocycles. The lowest BCUT2D eigenvalue weighted by atomic mass is 10.2. The molecule has 0 radical (unpaired) electrons. The summed E-state index contributed by atoms with van der Waals surface area (Å²) < 4.78 is 25.9. The largest absolute Gasteiger partial charge is 0.345 e. The van der Waals surface area contributed by atoms with Gasteiger partial charge in [-0.15, -0.1) is 0 Å². The molecule has 3 aromatic rings. The quantitative estimate of drug-likeness (QED) is 0.566. The number of aryl methyl sites for hydroxylation is 1. The Labute approximate surface area is 193 Å². The summed E-state index contributed by atoms with van der Waals surface area (Å²) in [5.41, 5.74) is 2.64. The molecular formula is C23H28N4O3S2. The summed E-state index contributed by atoms with van der Waals surface area (Å²) in [4.78, 5) is 22.0. The van der Waals surface area contributed by atoms with Gasteiger partial charge in [-0.05, 0) is 50.7 Å². The number of nitrogens with zero attached hydrogens (tertiary/aromatic N) is 3. The van der Waals surface area contributed by atoms with E-state index in [1.54, 1.807) is 35.6 Å². The summed E-state index contributed by atoms with van der Waals surface area (Å²) in [7, 11) is -1.25. The van der Waals surface area contributed by atoms with E-state index in [2.05, 4.69) is 22.2 Å². The Morgan fingerprint density at radius 2 is 1.81 bits per heavy atom. The lowest BCUT2D eigenvalue weighted by molar-refractivity contribution is -0.116. The van der Waals surface area contributed by atoms with Gasteiger partial charge in [0.05, 0.1) is 20.9 Å². The second-order valence-electron chi connectivity index (χ2n) is 8.25. The van der Waals surface area contributed by atoms with Gasteiger partial charge in [0.1, 0.15) is 0 Å². The van der Waals surface area contributed by atoms with E-state index >= 15 is 0 Å². The molecule has 170 valence electrons. The molecule has 1 saturated heterocycles. The third-order valence-electron chi connectivity index (χ3n) is 5.63. The highest BCUT2D eigenvalue weighted by Crippen LogP contribution is 2.31. The number of carbonyl (C=O) groups is 1. The Balaban J connectivity index is 1.32. The molecular weight excluding hydrogens is 444 g/mol. The zero-order chi connectivity index (χ0) is 22.7. The number of amides is 1. The fourth-order valence-electron chi connectivity index (χ4n) is 3.63. The minimum Gasteiger partial charge on any atom is -0.345 e. The summed E-state index contributed by atoms with van der Waals surface area (Å²) in [5.74, 6) is -0.238. The van der Waals surface area contributed by atoms with Crippen molar-refractivity contribution in [1.29, 1.82) is 0 Å². The topological polar surface area (TPSA) is 82.6 Å². The molecule has 1 fully saturated rings. The number of likely N-dealkylation sites (N-methyl/N-ethyl adjacent to an activating group) is 1. The van der Waals surface area contributed by atoms with Crippen molar-refractivity contribution in [2.75, 3.05) is 49.2 Å². The number of fused-ring (bicyclic) bond motifs is 1. The molecule has 1 amide bonds. The molecule has 1 aromatic heterocycles. The van der Waals surface area contributed by atoms with Crippen LogP contribution < -0.4 is 10.2 Å². The van der Waals surface area contributed by atoms with Gasteiger partial charge in [-0.3, -0.25) is 4.79 Å². The van der Waals surface area contributed by atoms with Crippen molar-refractivity contribution >= 4 is 48.1 Å². The first-order valence-corrected chi connectivity index (χ1v) is 13.2. The molecule has 0 unspecified atom stereocenters. The van der Waals surface area contributed by atoms with Crippen LogP contribution in [0.2, 0.25) is 0 Å². The van der Waals surface area contributed by atoms with Crippen LogP contribution in [0.15, 0.2) is 47.4 Å². The highest BCUT2D eigenvalue weighted by atomic mass is 32.2. The summed E-state index contributed by atoms with van der Waals surface area (Å²) in [6.07, 6.45) is 0.427. The molecule has 2 aromatic carbocycles. The molecule has 1 aliphatic heterocycles. The van der Waals surface area contributed by atoms with Crippen molar-refractivity contribution in [3.8, 4) is 0 Å². The first kappa shape index (κ1) is 22.7. The SMILES string of the molecule is Cc1ccc(S(=O)(=O)CCCC(=O)Nc2ccc3nc(N4CCN(C)CC4)sc3c2)cc1. The molecule has 0 atom stereocenters. The summed E-state index contributed by atoms with van der Waals surface area (Å²) in [6, 6.07) is 12.5. The number of hydrogen-bond donors (Lipinski definition) is 1. The second-order valence-corrected chi connectivity index (χ2v) is 11.4. The fraction of sp³-hybridized carbons (Fsp3) is 0.391. The lowest BCUT2D eigenvalue weighted by Gasteiger charge is -2.31. The summed E-state index contributed by atoms with van der Waals surface area (Å²) >= 11 is 1.63. The van der Waals surface area contributed by atoms with Crippen LogP contribution in [-0.4, -0.2) is 63.2 Å². The van der Waals surface area contributed by atoms with Gasteiger partial charge < -0.3 is 15.1 Å². The van der Waals surface area contributed by atoms with Gasteiger partial charge in [0.15, 0.2) is 15.0 Å². The van der Waals surface area contributed by atoms with Crippen LogP contribution in [0, 0.1) is 6.92 Å². The van der Waals surface area contributed by atoms with Gasteiger partial charge in [-0.1, -0.05) is 29.0 Å². The number of piperazine rings is 1. The minimum absolute atomic E-state index is 0.0499. The van der Waals surface area contributed by atoms with Gasteiger partial charge in [-0.25, -0.2) is 13.4 Å². The first-order valence-electron chi connectivity index (χ1n) is 10.7. The molecule has 0 spiro atoms. The normalized spacial score (nSPS) is 15.2. The number of sulfone groups is 1. The number of benzene rings is 2. The van der Waals surface area contributed by atoms with E-state index in [0.717, 1.165) is 47.1 Å². The van der Waals surface area contributed by atoms with Crippen molar-refractivity contribution in [3.63, 3.8) is 0 Å². The van der Waals surface area contributed by atoms with Gasteiger partial charge in [0.2, 0.25) is 5.91 Å². The molecule has 0 bridgehead atoms. The van der Waals surface area contributed by atoms with E-state index < -0.39 is 9.84 Å². The van der Waals surface area contributed by atoms with Crippen LogP contribution in [0.3, 0.4) is 0 Å². The Kier molecular flexibility index (Phi) is 6.78. The molecule has 7 nitrogen and oxygen atoms in total. The number of rotatable bonds is 7. The first-order chi connectivity index (χ1) is 15.3. The van der Waals surface area contributed by atoms with Crippen LogP contribution in [0.5, 0.6) is 0 Å². The maximum absolute atomic E-state index is 12.4. The van der Waals surface area contributed by atoms with Gasteiger partial charge in [0.25, 0.3) is 0 Å². The number of hydrogen-bond acceptors (Lipinski definition) is 7. The van der Waals surface area contributed by atoms with Crippen molar-refractivity contribution < 1.29 is 13.2 Å². The van der Waals surface area contributed by atoms with Gasteiger partial charge in [-0.2, -0.15) is 0 Å². The van der Waals surface area contributed by atoms with Crippen molar-refractivity contribution in [3.05, 3.63) is 48.0 Å².